The van der Waals surface area contributed by atoms with Crippen LogP contribution >= 0.6 is 23.1 Å². The lowest BCUT2D eigenvalue weighted by Gasteiger charge is -2.13. The van der Waals surface area contributed by atoms with Gasteiger partial charge in [-0.15, -0.1) is 0 Å². The number of benzene rings is 1. The maximum absolute atomic E-state index is 6.39. The highest BCUT2D eigenvalue weighted by Crippen LogP contribution is 2.35. The summed E-state index contributed by atoms with van der Waals surface area (Å²) in [6.45, 7) is 9.76. The number of methoxy groups -OCH3 is 1. The second-order valence-corrected chi connectivity index (χ2v) is 8.50. The molecule has 1 aromatic carbocycles. The molecule has 0 radical (unpaired) electrons. The van der Waals surface area contributed by atoms with Gasteiger partial charge >= 0.3 is 0 Å². The second kappa shape index (κ2) is 9.48. The van der Waals surface area contributed by atoms with Crippen LogP contribution in [0.5, 0.6) is 10.9 Å². The van der Waals surface area contributed by atoms with E-state index in [9.17, 15) is 0 Å². The van der Waals surface area contributed by atoms with Crippen LogP contribution in [0.2, 0.25) is 5.02 Å². The summed E-state index contributed by atoms with van der Waals surface area (Å²) >= 11 is 7.63. The van der Waals surface area contributed by atoms with E-state index in [0.29, 0.717) is 21.7 Å². The van der Waals surface area contributed by atoms with E-state index in [-0.39, 0.29) is 5.41 Å². The summed E-state index contributed by atoms with van der Waals surface area (Å²) in [6, 6.07) is 3.68. The molecular formula is C19H27ClN4O2S. The Morgan fingerprint density at radius 2 is 2.07 bits per heavy atom. The van der Waals surface area contributed by atoms with E-state index >= 15 is 0 Å². The Labute approximate surface area is 170 Å². The van der Waals surface area contributed by atoms with Crippen molar-refractivity contribution in [2.24, 2.45) is 4.99 Å². The van der Waals surface area contributed by atoms with Gasteiger partial charge in [0, 0.05) is 50.3 Å². The van der Waals surface area contributed by atoms with Crippen molar-refractivity contribution in [1.29, 1.82) is 0 Å². The highest BCUT2D eigenvalue weighted by Gasteiger charge is 2.20. The van der Waals surface area contributed by atoms with Gasteiger partial charge in [0.15, 0.2) is 5.82 Å². The smallest absolute Gasteiger partial charge is 0.298 e. The molecule has 8 heteroatoms. The predicted octanol–water partition coefficient (Wildman–Crippen LogP) is 5.22. The number of aromatic nitrogens is 2. The van der Waals surface area contributed by atoms with Crippen molar-refractivity contribution in [3.63, 3.8) is 0 Å². The molecule has 27 heavy (non-hydrogen) atoms. The Morgan fingerprint density at radius 1 is 1.33 bits per heavy atom. The summed E-state index contributed by atoms with van der Waals surface area (Å²) in [5.74, 6) is 1.42. The Morgan fingerprint density at radius 3 is 2.70 bits per heavy atom. The average Bonchev–Trinajstić information content (AvgIpc) is 3.06. The molecule has 0 spiro atoms. The number of hydrogen-bond donors (Lipinski definition) is 0. The number of aryl methyl sites for hydroxylation is 1. The Bertz CT molecular complexity index is 787. The molecule has 0 aliphatic carbocycles. The van der Waals surface area contributed by atoms with E-state index in [1.807, 2.05) is 24.9 Å². The lowest BCUT2D eigenvalue weighted by atomic mass is 9.96. The number of hydrogen-bond acceptors (Lipinski definition) is 6. The molecule has 1 aromatic heterocycles. The number of nitrogens with zero attached hydrogens (tertiary/aromatic N) is 4. The molecule has 0 fully saturated rings. The maximum Gasteiger partial charge on any atom is 0.298 e. The first-order chi connectivity index (χ1) is 12.7. The summed E-state index contributed by atoms with van der Waals surface area (Å²) in [5.41, 5.74) is 1.52. The fraction of sp³-hybridized carbons (Fsp3) is 0.526. The SMILES string of the molecule is COCCCN(C)C=Nc1cc(C)c(Oc2nc(C(C)(C)C)ns2)cc1Cl. The highest BCUT2D eigenvalue weighted by atomic mass is 35.5. The molecule has 2 rings (SSSR count). The van der Waals surface area contributed by atoms with E-state index < -0.39 is 0 Å². The first-order valence-electron chi connectivity index (χ1n) is 8.76. The van der Waals surface area contributed by atoms with Crippen LogP contribution in [0.15, 0.2) is 17.1 Å². The molecule has 0 atom stereocenters. The van der Waals surface area contributed by atoms with Gasteiger partial charge in [-0.25, -0.2) is 4.99 Å². The van der Waals surface area contributed by atoms with Crippen LogP contribution in [-0.2, 0) is 10.2 Å². The molecule has 6 nitrogen and oxygen atoms in total. The molecule has 0 N–H and O–H groups in total. The van der Waals surface area contributed by atoms with Gasteiger partial charge in [0.2, 0.25) is 0 Å². The third kappa shape index (κ3) is 6.45. The number of halogens is 1. The molecule has 0 bridgehead atoms. The minimum atomic E-state index is -0.112. The summed E-state index contributed by atoms with van der Waals surface area (Å²) in [4.78, 5) is 10.9. The molecule has 0 amide bonds. The van der Waals surface area contributed by atoms with Gasteiger partial charge in [-0.1, -0.05) is 32.4 Å². The molecule has 0 saturated heterocycles. The van der Waals surface area contributed by atoms with Crippen molar-refractivity contribution in [2.75, 3.05) is 27.3 Å². The zero-order valence-corrected chi connectivity index (χ0v) is 18.3. The predicted molar refractivity (Wildman–Crippen MR) is 112 cm³/mol. The van der Waals surface area contributed by atoms with E-state index in [1.54, 1.807) is 19.5 Å². The van der Waals surface area contributed by atoms with Gasteiger partial charge < -0.3 is 14.4 Å². The zero-order chi connectivity index (χ0) is 20.0. The topological polar surface area (TPSA) is 59.8 Å². The fourth-order valence-electron chi connectivity index (χ4n) is 2.18. The lowest BCUT2D eigenvalue weighted by Crippen LogP contribution is -2.18. The summed E-state index contributed by atoms with van der Waals surface area (Å²) in [6.07, 6.45) is 2.72. The molecular weight excluding hydrogens is 384 g/mol. The van der Waals surface area contributed by atoms with Crippen molar-refractivity contribution in [2.45, 2.75) is 39.5 Å². The Balaban J connectivity index is 2.09. The number of ether oxygens (including phenoxy) is 2. The molecule has 0 aliphatic rings. The largest absolute Gasteiger partial charge is 0.430 e. The minimum Gasteiger partial charge on any atom is -0.430 e. The normalized spacial score (nSPS) is 12.0. The molecule has 0 unspecified atom stereocenters. The standard InChI is InChI=1S/C19H27ClN4O2S/c1-13-10-15(21-12-24(5)8-7-9-25-6)14(20)11-16(13)26-18-22-17(23-27-18)19(2,3)4/h10-12H,7-9H2,1-6H3. The Hall–Kier alpha value is -1.70. The zero-order valence-electron chi connectivity index (χ0n) is 16.7. The van der Waals surface area contributed by atoms with E-state index in [1.165, 1.54) is 11.5 Å². The van der Waals surface area contributed by atoms with Crippen molar-refractivity contribution in [1.82, 2.24) is 14.3 Å². The van der Waals surface area contributed by atoms with Gasteiger partial charge in [-0.3, -0.25) is 0 Å². The van der Waals surface area contributed by atoms with Crippen molar-refractivity contribution < 1.29 is 9.47 Å². The van der Waals surface area contributed by atoms with Crippen LogP contribution < -0.4 is 4.74 Å². The number of rotatable bonds is 8. The monoisotopic (exact) mass is 410 g/mol. The summed E-state index contributed by atoms with van der Waals surface area (Å²) in [5, 5.41) is 1.03. The molecule has 0 aliphatic heterocycles. The number of aliphatic imine (C=N–C) groups is 1. The lowest BCUT2D eigenvalue weighted by molar-refractivity contribution is 0.189. The molecule has 1 heterocycles. The van der Waals surface area contributed by atoms with Crippen LogP contribution in [-0.4, -0.2) is 47.9 Å². The minimum absolute atomic E-state index is 0.112. The van der Waals surface area contributed by atoms with Crippen LogP contribution in [0.3, 0.4) is 0 Å². The van der Waals surface area contributed by atoms with Crippen LogP contribution in [0.1, 0.15) is 38.6 Å². The summed E-state index contributed by atoms with van der Waals surface area (Å²) < 4.78 is 15.3. The molecule has 2 aromatic rings. The quantitative estimate of drug-likeness (QED) is 0.339. The van der Waals surface area contributed by atoms with Crippen molar-refractivity contribution in [3.8, 4) is 10.9 Å². The average molecular weight is 411 g/mol. The van der Waals surface area contributed by atoms with E-state index in [2.05, 4.69) is 35.1 Å². The van der Waals surface area contributed by atoms with Gasteiger partial charge in [0.05, 0.1) is 17.0 Å². The van der Waals surface area contributed by atoms with Crippen LogP contribution in [0.25, 0.3) is 0 Å². The van der Waals surface area contributed by atoms with Gasteiger partial charge in [0.1, 0.15) is 5.75 Å². The van der Waals surface area contributed by atoms with E-state index in [0.717, 1.165) is 31.0 Å². The summed E-state index contributed by atoms with van der Waals surface area (Å²) in [7, 11) is 3.67. The third-order valence-corrected chi connectivity index (χ3v) is 4.67. The second-order valence-electron chi connectivity index (χ2n) is 7.38. The van der Waals surface area contributed by atoms with Crippen LogP contribution in [0.4, 0.5) is 5.69 Å². The molecule has 0 saturated carbocycles. The van der Waals surface area contributed by atoms with Gasteiger partial charge in [0.25, 0.3) is 5.19 Å². The fourth-order valence-corrected chi connectivity index (χ4v) is 3.12. The molecule has 148 valence electrons. The van der Waals surface area contributed by atoms with Crippen molar-refractivity contribution >= 4 is 35.2 Å². The van der Waals surface area contributed by atoms with E-state index in [4.69, 9.17) is 21.1 Å². The maximum atomic E-state index is 6.39. The Kier molecular flexibility index (Phi) is 7.59. The van der Waals surface area contributed by atoms with Crippen LogP contribution in [0, 0.1) is 6.92 Å². The van der Waals surface area contributed by atoms with Gasteiger partial charge in [-0.2, -0.15) is 9.36 Å². The third-order valence-electron chi connectivity index (χ3n) is 3.77. The van der Waals surface area contributed by atoms with Crippen molar-refractivity contribution in [3.05, 3.63) is 28.5 Å². The first kappa shape index (κ1) is 21.6. The highest BCUT2D eigenvalue weighted by molar-refractivity contribution is 7.07. The first-order valence-corrected chi connectivity index (χ1v) is 9.91. The van der Waals surface area contributed by atoms with Gasteiger partial charge in [-0.05, 0) is 25.0 Å².